The van der Waals surface area contributed by atoms with Crippen LogP contribution in [0.2, 0.25) is 0 Å². The minimum atomic E-state index is -0.685. The first-order chi connectivity index (χ1) is 7.57. The first-order valence-electron chi connectivity index (χ1n) is 6.07. The lowest BCUT2D eigenvalue weighted by Gasteiger charge is -2.24. The molecule has 17 heavy (non-hydrogen) atoms. The third kappa shape index (κ3) is 12.3. The number of rotatable bonds is 10. The number of unbranched alkanes of at least 4 members (excludes halogenated alkanes) is 1. The van der Waals surface area contributed by atoms with E-state index in [1.54, 1.807) is 0 Å². The van der Waals surface area contributed by atoms with Crippen molar-refractivity contribution in [2.24, 2.45) is 0 Å². The predicted octanol–water partition coefficient (Wildman–Crippen LogP) is 3.13. The van der Waals surface area contributed by atoms with Crippen LogP contribution in [0.25, 0.3) is 0 Å². The molecule has 0 heterocycles. The summed E-state index contributed by atoms with van der Waals surface area (Å²) in [5.41, 5.74) is 0. The Morgan fingerprint density at radius 3 is 2.59 bits per heavy atom. The molecule has 0 radical (unpaired) electrons. The standard InChI is InChI=1S/C12H25NO2S.ClH/c1-4-16-10-8-11(2)13(3)9-6-5-7-12(14)15;/h11H,4-10H2,1-3H3,(H,14,15);1H. The van der Waals surface area contributed by atoms with Gasteiger partial charge in [-0.25, -0.2) is 0 Å². The van der Waals surface area contributed by atoms with Gasteiger partial charge in [-0.2, -0.15) is 11.8 Å². The van der Waals surface area contributed by atoms with Gasteiger partial charge >= 0.3 is 5.97 Å². The summed E-state index contributed by atoms with van der Waals surface area (Å²) in [4.78, 5) is 12.7. The number of carboxylic acids is 1. The monoisotopic (exact) mass is 283 g/mol. The van der Waals surface area contributed by atoms with E-state index >= 15 is 0 Å². The zero-order valence-electron chi connectivity index (χ0n) is 11.1. The van der Waals surface area contributed by atoms with E-state index in [2.05, 4.69) is 25.8 Å². The number of halogens is 1. The van der Waals surface area contributed by atoms with E-state index in [4.69, 9.17) is 5.11 Å². The lowest BCUT2D eigenvalue weighted by atomic mass is 10.2. The summed E-state index contributed by atoms with van der Waals surface area (Å²) in [5.74, 6) is 1.72. The van der Waals surface area contributed by atoms with E-state index in [0.717, 1.165) is 19.4 Å². The molecule has 3 nitrogen and oxygen atoms in total. The summed E-state index contributed by atoms with van der Waals surface area (Å²) in [7, 11) is 2.13. The molecule has 0 saturated heterocycles. The number of aliphatic carboxylic acids is 1. The van der Waals surface area contributed by atoms with Gasteiger partial charge in [-0.3, -0.25) is 4.79 Å². The molecule has 0 aromatic carbocycles. The molecule has 1 atom stereocenters. The van der Waals surface area contributed by atoms with Crippen LogP contribution in [0.15, 0.2) is 0 Å². The molecule has 0 aromatic heterocycles. The summed E-state index contributed by atoms with van der Waals surface area (Å²) in [6, 6.07) is 0.601. The zero-order valence-corrected chi connectivity index (χ0v) is 12.8. The van der Waals surface area contributed by atoms with Gasteiger partial charge in [0.15, 0.2) is 0 Å². The zero-order chi connectivity index (χ0) is 12.4. The Morgan fingerprint density at radius 2 is 2.06 bits per heavy atom. The van der Waals surface area contributed by atoms with E-state index in [1.165, 1.54) is 17.9 Å². The summed E-state index contributed by atoms with van der Waals surface area (Å²) in [5, 5.41) is 8.51. The molecule has 0 aliphatic heterocycles. The normalized spacial score (nSPS) is 12.2. The largest absolute Gasteiger partial charge is 0.481 e. The molecule has 0 spiro atoms. The first-order valence-corrected chi connectivity index (χ1v) is 7.23. The van der Waals surface area contributed by atoms with Crippen LogP contribution >= 0.6 is 24.2 Å². The average molecular weight is 284 g/mol. The van der Waals surface area contributed by atoms with E-state index in [9.17, 15) is 4.79 Å². The number of carboxylic acid groups (broad SMARTS) is 1. The van der Waals surface area contributed by atoms with Crippen LogP contribution in [0, 0.1) is 0 Å². The molecular formula is C12H26ClNO2S. The maximum absolute atomic E-state index is 10.3. The van der Waals surface area contributed by atoms with Gasteiger partial charge in [0.1, 0.15) is 0 Å². The third-order valence-electron chi connectivity index (χ3n) is 2.79. The molecule has 0 rings (SSSR count). The highest BCUT2D eigenvalue weighted by Crippen LogP contribution is 2.09. The molecule has 104 valence electrons. The SMILES string of the molecule is CCSCCC(C)N(C)CCCCC(=O)O.Cl. The molecule has 1 unspecified atom stereocenters. The van der Waals surface area contributed by atoms with E-state index in [1.807, 2.05) is 11.8 Å². The van der Waals surface area contributed by atoms with Crippen LogP contribution in [-0.4, -0.2) is 47.1 Å². The Morgan fingerprint density at radius 1 is 1.41 bits per heavy atom. The highest BCUT2D eigenvalue weighted by Gasteiger charge is 2.08. The molecule has 0 saturated carbocycles. The number of hydrogen-bond donors (Lipinski definition) is 1. The Bertz CT molecular complexity index is 193. The minimum absolute atomic E-state index is 0. The second-order valence-electron chi connectivity index (χ2n) is 4.17. The maximum Gasteiger partial charge on any atom is 0.303 e. The van der Waals surface area contributed by atoms with Crippen LogP contribution in [0.3, 0.4) is 0 Å². The Labute approximate surface area is 116 Å². The topological polar surface area (TPSA) is 40.5 Å². The third-order valence-corrected chi connectivity index (χ3v) is 3.72. The number of hydrogen-bond acceptors (Lipinski definition) is 3. The van der Waals surface area contributed by atoms with E-state index < -0.39 is 5.97 Å². The fourth-order valence-electron chi connectivity index (χ4n) is 1.48. The Kier molecular flexibility index (Phi) is 14.3. The first kappa shape index (κ1) is 19.4. The summed E-state index contributed by atoms with van der Waals surface area (Å²) in [6.07, 6.45) is 3.28. The summed E-state index contributed by atoms with van der Waals surface area (Å²) in [6.45, 7) is 5.43. The van der Waals surface area contributed by atoms with Crippen molar-refractivity contribution >= 4 is 30.1 Å². The Balaban J connectivity index is 0. The van der Waals surface area contributed by atoms with Crippen LogP contribution < -0.4 is 0 Å². The van der Waals surface area contributed by atoms with Gasteiger partial charge < -0.3 is 10.0 Å². The number of thioether (sulfide) groups is 1. The fraction of sp³-hybridized carbons (Fsp3) is 0.917. The Hall–Kier alpha value is 0.0700. The van der Waals surface area contributed by atoms with Crippen molar-refractivity contribution in [2.45, 2.75) is 45.6 Å². The lowest BCUT2D eigenvalue weighted by Crippen LogP contribution is -2.30. The fourth-order valence-corrected chi connectivity index (χ4v) is 2.27. The maximum atomic E-state index is 10.3. The quantitative estimate of drug-likeness (QED) is 0.626. The van der Waals surface area contributed by atoms with Crippen molar-refractivity contribution in [1.29, 1.82) is 0 Å². The van der Waals surface area contributed by atoms with Gasteiger partial charge in [-0.1, -0.05) is 6.92 Å². The molecule has 0 aromatic rings. The average Bonchev–Trinajstić information content (AvgIpc) is 2.24. The second kappa shape index (κ2) is 12.5. The molecule has 5 heteroatoms. The van der Waals surface area contributed by atoms with Crippen LogP contribution in [0.4, 0.5) is 0 Å². The molecule has 1 N–H and O–H groups in total. The van der Waals surface area contributed by atoms with Gasteiger partial charge in [0.25, 0.3) is 0 Å². The van der Waals surface area contributed by atoms with Crippen molar-refractivity contribution in [3.05, 3.63) is 0 Å². The van der Waals surface area contributed by atoms with Crippen molar-refractivity contribution in [2.75, 3.05) is 25.1 Å². The lowest BCUT2D eigenvalue weighted by molar-refractivity contribution is -0.137. The van der Waals surface area contributed by atoms with Crippen molar-refractivity contribution < 1.29 is 9.90 Å². The van der Waals surface area contributed by atoms with Gasteiger partial charge in [0.05, 0.1) is 0 Å². The summed E-state index contributed by atoms with van der Waals surface area (Å²) >= 11 is 1.98. The number of carbonyl (C=O) groups is 1. The van der Waals surface area contributed by atoms with E-state index in [0.29, 0.717) is 12.5 Å². The van der Waals surface area contributed by atoms with Crippen molar-refractivity contribution in [3.8, 4) is 0 Å². The highest BCUT2D eigenvalue weighted by atomic mass is 35.5. The molecule has 0 aliphatic carbocycles. The number of nitrogens with zero attached hydrogens (tertiary/aromatic N) is 1. The van der Waals surface area contributed by atoms with Gasteiger partial charge in [-0.15, -0.1) is 12.4 Å². The molecular weight excluding hydrogens is 258 g/mol. The van der Waals surface area contributed by atoms with Crippen molar-refractivity contribution in [1.82, 2.24) is 4.90 Å². The molecule has 0 bridgehead atoms. The summed E-state index contributed by atoms with van der Waals surface area (Å²) < 4.78 is 0. The highest BCUT2D eigenvalue weighted by molar-refractivity contribution is 7.99. The minimum Gasteiger partial charge on any atom is -0.481 e. The molecule has 0 fully saturated rings. The van der Waals surface area contributed by atoms with Gasteiger partial charge in [0.2, 0.25) is 0 Å². The molecule has 0 aliphatic rings. The van der Waals surface area contributed by atoms with Crippen LogP contribution in [0.1, 0.15) is 39.5 Å². The predicted molar refractivity (Wildman–Crippen MR) is 78.4 cm³/mol. The van der Waals surface area contributed by atoms with Crippen LogP contribution in [0.5, 0.6) is 0 Å². The second-order valence-corrected chi connectivity index (χ2v) is 5.56. The van der Waals surface area contributed by atoms with E-state index in [-0.39, 0.29) is 12.4 Å². The molecule has 0 amide bonds. The van der Waals surface area contributed by atoms with Gasteiger partial charge in [-0.05, 0) is 51.3 Å². The van der Waals surface area contributed by atoms with Crippen molar-refractivity contribution in [3.63, 3.8) is 0 Å². The van der Waals surface area contributed by atoms with Crippen LogP contribution in [-0.2, 0) is 4.79 Å². The van der Waals surface area contributed by atoms with Gasteiger partial charge in [0, 0.05) is 12.5 Å². The smallest absolute Gasteiger partial charge is 0.303 e.